The molecule has 0 saturated carbocycles. The fourth-order valence-electron chi connectivity index (χ4n) is 1.86. The second kappa shape index (κ2) is 6.09. The number of pyridine rings is 1. The Balaban J connectivity index is 2.29. The second-order valence-corrected chi connectivity index (χ2v) is 5.21. The van der Waals surface area contributed by atoms with Gasteiger partial charge in [-0.2, -0.15) is 0 Å². The van der Waals surface area contributed by atoms with Crippen LogP contribution in [0.3, 0.4) is 0 Å². The highest BCUT2D eigenvalue weighted by atomic mass is 79.9. The molecule has 2 aromatic rings. The van der Waals surface area contributed by atoms with Gasteiger partial charge in [-0.1, -0.05) is 0 Å². The van der Waals surface area contributed by atoms with Crippen molar-refractivity contribution in [2.75, 3.05) is 6.54 Å². The van der Waals surface area contributed by atoms with E-state index >= 15 is 0 Å². The number of nitrogens with one attached hydrogen (secondary N) is 1. The zero-order valence-corrected chi connectivity index (χ0v) is 12.9. The van der Waals surface area contributed by atoms with Gasteiger partial charge in [0.25, 0.3) is 5.91 Å². The summed E-state index contributed by atoms with van der Waals surface area (Å²) >= 11 is 3.20. The maximum Gasteiger partial charge on any atom is 0.259 e. The lowest BCUT2D eigenvalue weighted by molar-refractivity contribution is 0.0750. The van der Waals surface area contributed by atoms with Crippen LogP contribution < -0.4 is 5.43 Å². The number of hydrogen-bond acceptors (Lipinski definition) is 3. The number of furan rings is 1. The van der Waals surface area contributed by atoms with Crippen molar-refractivity contribution in [3.05, 3.63) is 56.3 Å². The van der Waals surface area contributed by atoms with Gasteiger partial charge in [-0.15, -0.1) is 0 Å². The third-order valence-electron chi connectivity index (χ3n) is 3.06. The smallest absolute Gasteiger partial charge is 0.259 e. The van der Waals surface area contributed by atoms with Gasteiger partial charge < -0.3 is 14.3 Å². The van der Waals surface area contributed by atoms with Crippen LogP contribution in [0.5, 0.6) is 0 Å². The summed E-state index contributed by atoms with van der Waals surface area (Å²) in [5.74, 6) is -0.296. The van der Waals surface area contributed by atoms with Gasteiger partial charge in [0.15, 0.2) is 0 Å². The Morgan fingerprint density at radius 1 is 1.50 bits per heavy atom. The molecule has 2 aromatic heterocycles. The molecule has 5 nitrogen and oxygen atoms in total. The first-order valence-corrected chi connectivity index (χ1v) is 7.02. The van der Waals surface area contributed by atoms with Crippen LogP contribution in [0, 0.1) is 6.92 Å². The van der Waals surface area contributed by atoms with E-state index in [-0.39, 0.29) is 16.9 Å². The van der Waals surface area contributed by atoms with Gasteiger partial charge in [0.2, 0.25) is 5.43 Å². The lowest BCUT2D eigenvalue weighted by Gasteiger charge is -2.20. The van der Waals surface area contributed by atoms with Gasteiger partial charge in [-0.25, -0.2) is 0 Å². The third kappa shape index (κ3) is 2.85. The number of aromatic nitrogens is 1. The Kier molecular flexibility index (Phi) is 4.44. The van der Waals surface area contributed by atoms with Crippen molar-refractivity contribution in [3.8, 4) is 0 Å². The number of rotatable bonds is 4. The number of carbonyl (C=O) groups is 1. The van der Waals surface area contributed by atoms with E-state index in [9.17, 15) is 9.59 Å². The molecule has 0 atom stereocenters. The molecule has 2 heterocycles. The zero-order chi connectivity index (χ0) is 14.7. The van der Waals surface area contributed by atoms with E-state index < -0.39 is 0 Å². The van der Waals surface area contributed by atoms with Gasteiger partial charge in [0.1, 0.15) is 5.56 Å². The van der Waals surface area contributed by atoms with Crippen molar-refractivity contribution in [2.24, 2.45) is 0 Å². The van der Waals surface area contributed by atoms with E-state index in [1.165, 1.54) is 6.20 Å². The molecule has 0 spiro atoms. The summed E-state index contributed by atoms with van der Waals surface area (Å²) in [6, 6.07) is 1.80. The van der Waals surface area contributed by atoms with E-state index in [0.29, 0.717) is 23.3 Å². The normalized spacial score (nSPS) is 10.6. The van der Waals surface area contributed by atoms with Gasteiger partial charge in [0, 0.05) is 30.5 Å². The molecule has 20 heavy (non-hydrogen) atoms. The van der Waals surface area contributed by atoms with E-state index in [2.05, 4.69) is 20.9 Å². The summed E-state index contributed by atoms with van der Waals surface area (Å²) in [4.78, 5) is 29.1. The second-order valence-electron chi connectivity index (χ2n) is 4.42. The fourth-order valence-corrected chi connectivity index (χ4v) is 2.19. The summed E-state index contributed by atoms with van der Waals surface area (Å²) < 4.78 is 5.38. The van der Waals surface area contributed by atoms with Crippen LogP contribution in [0.4, 0.5) is 0 Å². The van der Waals surface area contributed by atoms with Crippen LogP contribution in [0.1, 0.15) is 28.5 Å². The van der Waals surface area contributed by atoms with E-state index in [4.69, 9.17) is 4.42 Å². The maximum atomic E-state index is 12.4. The fraction of sp³-hybridized carbons (Fsp3) is 0.286. The summed E-state index contributed by atoms with van der Waals surface area (Å²) in [5, 5.41) is 0. The van der Waals surface area contributed by atoms with Crippen LogP contribution in [0.25, 0.3) is 0 Å². The van der Waals surface area contributed by atoms with Gasteiger partial charge in [-0.3, -0.25) is 9.59 Å². The molecule has 0 unspecified atom stereocenters. The van der Waals surface area contributed by atoms with Gasteiger partial charge in [0.05, 0.1) is 17.0 Å². The minimum Gasteiger partial charge on any atom is -0.472 e. The van der Waals surface area contributed by atoms with Gasteiger partial charge >= 0.3 is 0 Å². The molecule has 6 heteroatoms. The number of hydrogen-bond donors (Lipinski definition) is 1. The van der Waals surface area contributed by atoms with Gasteiger partial charge in [-0.05, 0) is 35.8 Å². The lowest BCUT2D eigenvalue weighted by atomic mass is 10.2. The van der Waals surface area contributed by atoms with Crippen LogP contribution in [0.2, 0.25) is 0 Å². The van der Waals surface area contributed by atoms with Crippen LogP contribution in [-0.2, 0) is 6.54 Å². The third-order valence-corrected chi connectivity index (χ3v) is 4.01. The maximum absolute atomic E-state index is 12.4. The highest BCUT2D eigenvalue weighted by Crippen LogP contribution is 2.12. The molecule has 0 aliphatic rings. The number of aromatic amines is 1. The molecule has 106 valence electrons. The molecule has 0 bridgehead atoms. The van der Waals surface area contributed by atoms with E-state index in [1.54, 1.807) is 30.4 Å². The predicted octanol–water partition coefficient (Wildman–Crippen LogP) is 2.70. The predicted molar refractivity (Wildman–Crippen MR) is 78.6 cm³/mol. The minimum absolute atomic E-state index is 0.132. The number of amides is 1. The molecule has 0 aromatic carbocycles. The Morgan fingerprint density at radius 2 is 2.25 bits per heavy atom. The van der Waals surface area contributed by atoms with Crippen LogP contribution in [0.15, 0.2) is 38.5 Å². The van der Waals surface area contributed by atoms with E-state index in [1.807, 2.05) is 6.92 Å². The number of aryl methyl sites for hydroxylation is 1. The van der Waals surface area contributed by atoms with Crippen molar-refractivity contribution in [1.29, 1.82) is 0 Å². The molecule has 0 radical (unpaired) electrons. The Hall–Kier alpha value is -1.82. The summed E-state index contributed by atoms with van der Waals surface area (Å²) in [6.07, 6.45) is 4.61. The highest BCUT2D eigenvalue weighted by Gasteiger charge is 2.19. The van der Waals surface area contributed by atoms with Crippen molar-refractivity contribution in [3.63, 3.8) is 0 Å². The molecule has 0 fully saturated rings. The Labute approximate surface area is 124 Å². The van der Waals surface area contributed by atoms with Crippen LogP contribution in [-0.4, -0.2) is 22.3 Å². The topological polar surface area (TPSA) is 66.3 Å². The summed E-state index contributed by atoms with van der Waals surface area (Å²) in [7, 11) is 0. The number of halogens is 1. The minimum atomic E-state index is -0.296. The molecule has 0 saturated heterocycles. The number of carbonyl (C=O) groups excluding carboxylic acids is 1. The number of nitrogens with zero attached hydrogens (tertiary/aromatic N) is 1. The first kappa shape index (κ1) is 14.6. The van der Waals surface area contributed by atoms with Crippen molar-refractivity contribution >= 4 is 21.8 Å². The average molecular weight is 339 g/mol. The summed E-state index contributed by atoms with van der Waals surface area (Å²) in [5.41, 5.74) is 1.43. The molecule has 2 rings (SSSR count). The van der Waals surface area contributed by atoms with Crippen molar-refractivity contribution < 1.29 is 9.21 Å². The molecule has 0 aliphatic carbocycles. The number of H-pyrrole nitrogens is 1. The van der Waals surface area contributed by atoms with Crippen molar-refractivity contribution in [2.45, 2.75) is 20.4 Å². The molecular weight excluding hydrogens is 324 g/mol. The largest absolute Gasteiger partial charge is 0.472 e. The quantitative estimate of drug-likeness (QED) is 0.931. The van der Waals surface area contributed by atoms with Crippen molar-refractivity contribution in [1.82, 2.24) is 9.88 Å². The standard InChI is InChI=1S/C14H15BrN2O3/c1-3-17(7-10-4-5-20-8-10)14(19)11-6-16-9(2)12(15)13(11)18/h4-6,8H,3,7H2,1-2H3,(H,16,18). The first-order valence-electron chi connectivity index (χ1n) is 6.22. The SMILES string of the molecule is CCN(Cc1ccoc1)C(=O)c1c[nH]c(C)c(Br)c1=O. The monoisotopic (exact) mass is 338 g/mol. The molecule has 0 aliphatic heterocycles. The molecule has 1 amide bonds. The Morgan fingerprint density at radius 3 is 2.85 bits per heavy atom. The summed E-state index contributed by atoms with van der Waals surface area (Å²) in [6.45, 7) is 4.56. The lowest BCUT2D eigenvalue weighted by Crippen LogP contribution is -2.34. The first-order chi connectivity index (χ1) is 9.54. The molecule has 1 N–H and O–H groups in total. The van der Waals surface area contributed by atoms with Crippen LogP contribution >= 0.6 is 15.9 Å². The zero-order valence-electron chi connectivity index (χ0n) is 11.3. The highest BCUT2D eigenvalue weighted by molar-refractivity contribution is 9.10. The Bertz CT molecular complexity index is 662. The average Bonchev–Trinajstić information content (AvgIpc) is 2.94. The van der Waals surface area contributed by atoms with E-state index in [0.717, 1.165) is 5.56 Å². The molecular formula is C14H15BrN2O3.